The molecule has 1 aromatic rings. The number of aliphatic hydroxyl groups is 1. The predicted octanol–water partition coefficient (Wildman–Crippen LogP) is 0.693. The van der Waals surface area contributed by atoms with E-state index in [1.165, 1.54) is 0 Å². The molecule has 0 aliphatic heterocycles. The molecule has 0 spiro atoms. The van der Waals surface area contributed by atoms with Gasteiger partial charge in [0.15, 0.2) is 5.75 Å². The van der Waals surface area contributed by atoms with Gasteiger partial charge in [0.2, 0.25) is 0 Å². The van der Waals surface area contributed by atoms with Crippen LogP contribution in [0.25, 0.3) is 0 Å². The van der Waals surface area contributed by atoms with Gasteiger partial charge in [-0.2, -0.15) is 0 Å². The van der Waals surface area contributed by atoms with Crippen molar-refractivity contribution in [2.75, 3.05) is 20.2 Å². The zero-order valence-electron chi connectivity index (χ0n) is 9.22. The lowest BCUT2D eigenvalue weighted by Crippen LogP contribution is -2.29. The molecular weight excluding hydrogens is 231 g/mol. The van der Waals surface area contributed by atoms with Crippen LogP contribution in [0.5, 0.6) is 5.75 Å². The third-order valence-electron chi connectivity index (χ3n) is 1.99. The molecule has 0 amide bonds. The fraction of sp³-hybridized carbons (Fsp3) is 0.400. The lowest BCUT2D eigenvalue weighted by molar-refractivity contribution is -0.386. The summed E-state index contributed by atoms with van der Waals surface area (Å²) < 4.78 is 17.9. The van der Waals surface area contributed by atoms with Crippen LogP contribution in [-0.4, -0.2) is 36.3 Å². The normalized spacial score (nSPS) is 12.2. The Morgan fingerprint density at radius 1 is 1.65 bits per heavy atom. The Bertz CT molecular complexity index is 400. The van der Waals surface area contributed by atoms with E-state index in [0.717, 1.165) is 18.2 Å². The van der Waals surface area contributed by atoms with Crippen molar-refractivity contribution >= 4 is 5.69 Å². The number of nitro groups is 1. The van der Waals surface area contributed by atoms with Crippen molar-refractivity contribution in [2.45, 2.75) is 6.10 Å². The summed E-state index contributed by atoms with van der Waals surface area (Å²) in [6.45, 7) is 0.133. The quantitative estimate of drug-likeness (QED) is 0.568. The van der Waals surface area contributed by atoms with Gasteiger partial charge in [0.1, 0.15) is 18.5 Å². The first-order valence-electron chi connectivity index (χ1n) is 4.94. The van der Waals surface area contributed by atoms with Gasteiger partial charge in [-0.05, 0) is 13.1 Å². The van der Waals surface area contributed by atoms with E-state index in [0.29, 0.717) is 0 Å². The van der Waals surface area contributed by atoms with Crippen molar-refractivity contribution in [3.8, 4) is 5.75 Å². The van der Waals surface area contributed by atoms with Crippen LogP contribution in [0, 0.1) is 15.9 Å². The van der Waals surface area contributed by atoms with Crippen molar-refractivity contribution in [1.82, 2.24) is 5.32 Å². The van der Waals surface area contributed by atoms with E-state index in [-0.39, 0.29) is 24.6 Å². The number of nitrogens with zero attached hydrogens (tertiary/aromatic N) is 1. The summed E-state index contributed by atoms with van der Waals surface area (Å²) in [5.41, 5.74) is -0.331. The summed E-state index contributed by atoms with van der Waals surface area (Å²) in [7, 11) is 1.65. The summed E-state index contributed by atoms with van der Waals surface area (Å²) in [6.07, 6.45) is -0.817. The monoisotopic (exact) mass is 244 g/mol. The van der Waals surface area contributed by atoms with Crippen LogP contribution in [0.15, 0.2) is 18.2 Å². The Balaban J connectivity index is 2.75. The Kier molecular flexibility index (Phi) is 4.80. The maximum Gasteiger partial charge on any atom is 0.311 e. The number of halogens is 1. The highest BCUT2D eigenvalue weighted by molar-refractivity contribution is 5.46. The Hall–Kier alpha value is -1.73. The molecule has 1 atom stereocenters. The first kappa shape index (κ1) is 13.3. The van der Waals surface area contributed by atoms with Gasteiger partial charge in [0.05, 0.1) is 4.92 Å². The van der Waals surface area contributed by atoms with Crippen LogP contribution in [-0.2, 0) is 0 Å². The average molecular weight is 244 g/mol. The minimum Gasteiger partial charge on any atom is -0.484 e. The second kappa shape index (κ2) is 6.12. The standard InChI is InChI=1S/C10H13FN2O4/c1-12-5-8(14)6-17-10-4-7(11)2-3-9(10)13(15)16/h2-4,8,12,14H,5-6H2,1H3. The highest BCUT2D eigenvalue weighted by Gasteiger charge is 2.16. The van der Waals surface area contributed by atoms with Gasteiger partial charge < -0.3 is 15.2 Å². The Labute approximate surface area is 97.2 Å². The van der Waals surface area contributed by atoms with Crippen LogP contribution < -0.4 is 10.1 Å². The number of hydrogen-bond acceptors (Lipinski definition) is 5. The van der Waals surface area contributed by atoms with Crippen molar-refractivity contribution < 1.29 is 19.2 Å². The maximum absolute atomic E-state index is 12.9. The molecule has 6 nitrogen and oxygen atoms in total. The third-order valence-corrected chi connectivity index (χ3v) is 1.99. The van der Waals surface area contributed by atoms with E-state index in [2.05, 4.69) is 5.32 Å². The third kappa shape index (κ3) is 3.97. The highest BCUT2D eigenvalue weighted by Crippen LogP contribution is 2.27. The fourth-order valence-corrected chi connectivity index (χ4v) is 1.23. The van der Waals surface area contributed by atoms with Crippen LogP contribution >= 0.6 is 0 Å². The minimum absolute atomic E-state index is 0.148. The fourth-order valence-electron chi connectivity index (χ4n) is 1.23. The molecule has 0 saturated heterocycles. The van der Waals surface area contributed by atoms with Gasteiger partial charge in [-0.25, -0.2) is 4.39 Å². The summed E-state index contributed by atoms with van der Waals surface area (Å²) in [5, 5.41) is 22.7. The summed E-state index contributed by atoms with van der Waals surface area (Å²) in [5.74, 6) is -0.821. The molecule has 0 saturated carbocycles. The molecule has 0 radical (unpaired) electrons. The zero-order valence-corrected chi connectivity index (χ0v) is 9.22. The first-order valence-corrected chi connectivity index (χ1v) is 4.94. The second-order valence-corrected chi connectivity index (χ2v) is 3.39. The lowest BCUT2D eigenvalue weighted by atomic mass is 10.3. The van der Waals surface area contributed by atoms with E-state index in [9.17, 15) is 19.6 Å². The zero-order chi connectivity index (χ0) is 12.8. The number of rotatable bonds is 6. The molecule has 1 unspecified atom stereocenters. The SMILES string of the molecule is CNCC(O)COc1cc(F)ccc1[N+](=O)[O-]. The molecule has 0 heterocycles. The van der Waals surface area contributed by atoms with Gasteiger partial charge in [-0.15, -0.1) is 0 Å². The van der Waals surface area contributed by atoms with Gasteiger partial charge in [-0.1, -0.05) is 0 Å². The minimum atomic E-state index is -0.817. The molecule has 2 N–H and O–H groups in total. The highest BCUT2D eigenvalue weighted by atomic mass is 19.1. The van der Waals surface area contributed by atoms with E-state index < -0.39 is 16.8 Å². The number of benzene rings is 1. The van der Waals surface area contributed by atoms with Gasteiger partial charge in [0, 0.05) is 18.7 Å². The lowest BCUT2D eigenvalue weighted by Gasteiger charge is -2.11. The number of hydrogen-bond donors (Lipinski definition) is 2. The molecule has 7 heteroatoms. The topological polar surface area (TPSA) is 84.6 Å². The molecule has 1 rings (SSSR count). The summed E-state index contributed by atoms with van der Waals surface area (Å²) >= 11 is 0. The number of likely N-dealkylation sites (N-methyl/N-ethyl adjacent to an activating group) is 1. The number of ether oxygens (including phenoxy) is 1. The van der Waals surface area contributed by atoms with Gasteiger partial charge >= 0.3 is 5.69 Å². The number of nitro benzene ring substituents is 1. The molecule has 1 aromatic carbocycles. The predicted molar refractivity (Wildman–Crippen MR) is 58.5 cm³/mol. The van der Waals surface area contributed by atoms with Gasteiger partial charge in [-0.3, -0.25) is 10.1 Å². The van der Waals surface area contributed by atoms with Crippen molar-refractivity contribution in [1.29, 1.82) is 0 Å². The van der Waals surface area contributed by atoms with E-state index >= 15 is 0 Å². The second-order valence-electron chi connectivity index (χ2n) is 3.39. The summed E-state index contributed by atoms with van der Waals surface area (Å²) in [4.78, 5) is 9.96. The molecule has 17 heavy (non-hydrogen) atoms. The Morgan fingerprint density at radius 3 is 2.94 bits per heavy atom. The Morgan fingerprint density at radius 2 is 2.35 bits per heavy atom. The van der Waals surface area contributed by atoms with Crippen molar-refractivity contribution in [3.05, 3.63) is 34.1 Å². The van der Waals surface area contributed by atoms with Gasteiger partial charge in [0.25, 0.3) is 0 Å². The van der Waals surface area contributed by atoms with Crippen LogP contribution in [0.4, 0.5) is 10.1 Å². The molecule has 0 bridgehead atoms. The molecule has 0 fully saturated rings. The number of aliphatic hydroxyl groups excluding tert-OH is 1. The van der Waals surface area contributed by atoms with Crippen LogP contribution in [0.2, 0.25) is 0 Å². The molecular formula is C10H13FN2O4. The molecule has 0 aromatic heterocycles. The van der Waals surface area contributed by atoms with Crippen molar-refractivity contribution in [3.63, 3.8) is 0 Å². The van der Waals surface area contributed by atoms with Crippen LogP contribution in [0.3, 0.4) is 0 Å². The number of nitrogens with one attached hydrogen (secondary N) is 1. The smallest absolute Gasteiger partial charge is 0.311 e. The molecule has 0 aliphatic carbocycles. The van der Waals surface area contributed by atoms with E-state index in [4.69, 9.17) is 4.74 Å². The van der Waals surface area contributed by atoms with E-state index in [1.54, 1.807) is 7.05 Å². The van der Waals surface area contributed by atoms with E-state index in [1.807, 2.05) is 0 Å². The van der Waals surface area contributed by atoms with Crippen LogP contribution in [0.1, 0.15) is 0 Å². The summed E-state index contributed by atoms with van der Waals surface area (Å²) in [6, 6.07) is 2.92. The first-order chi connectivity index (χ1) is 8.04. The average Bonchev–Trinajstić information content (AvgIpc) is 2.26. The maximum atomic E-state index is 12.9. The largest absolute Gasteiger partial charge is 0.484 e. The molecule has 94 valence electrons. The molecule has 0 aliphatic rings. The van der Waals surface area contributed by atoms with Crippen molar-refractivity contribution in [2.24, 2.45) is 0 Å².